The number of ether oxygens (including phenoxy) is 1. The van der Waals surface area contributed by atoms with Crippen LogP contribution in [0.5, 0.6) is 0 Å². The Kier molecular flexibility index (Phi) is 8.37. The molecule has 0 saturated heterocycles. The van der Waals surface area contributed by atoms with E-state index in [4.69, 9.17) is 9.84 Å². The van der Waals surface area contributed by atoms with Crippen LogP contribution >= 0.6 is 0 Å². The lowest BCUT2D eigenvalue weighted by atomic mass is 9.89. The van der Waals surface area contributed by atoms with Crippen molar-refractivity contribution in [1.82, 2.24) is 5.32 Å². The average Bonchev–Trinajstić information content (AvgIpc) is 2.33. The second-order valence-electron chi connectivity index (χ2n) is 4.51. The molecule has 0 aliphatic heterocycles. The van der Waals surface area contributed by atoms with E-state index >= 15 is 0 Å². The predicted octanol–water partition coefficient (Wildman–Crippen LogP) is 1.95. The minimum atomic E-state index is -0.897. The molecule has 0 atom stereocenters. The Morgan fingerprint density at radius 3 is 2.28 bits per heavy atom. The van der Waals surface area contributed by atoms with Crippen LogP contribution in [0.1, 0.15) is 52.9 Å². The minimum Gasteiger partial charge on any atom is -0.481 e. The van der Waals surface area contributed by atoms with Crippen LogP contribution in [-0.2, 0) is 14.3 Å². The summed E-state index contributed by atoms with van der Waals surface area (Å²) in [5.41, 5.74) is -0.656. The van der Waals surface area contributed by atoms with Crippen molar-refractivity contribution in [2.75, 3.05) is 13.2 Å². The summed E-state index contributed by atoms with van der Waals surface area (Å²) in [6.45, 7) is 6.38. The number of carboxylic acids is 1. The maximum Gasteiger partial charge on any atom is 0.305 e. The van der Waals surface area contributed by atoms with Gasteiger partial charge in [0, 0.05) is 6.61 Å². The molecule has 0 aromatic carbocycles. The fourth-order valence-electron chi connectivity index (χ4n) is 1.75. The van der Waals surface area contributed by atoms with Crippen molar-refractivity contribution >= 4 is 11.9 Å². The van der Waals surface area contributed by atoms with E-state index in [9.17, 15) is 9.59 Å². The third-order valence-electron chi connectivity index (χ3n) is 3.12. The Bertz CT molecular complexity index is 262. The number of aliphatic carboxylic acids is 1. The molecule has 0 saturated carbocycles. The first-order valence-electron chi connectivity index (χ1n) is 6.60. The van der Waals surface area contributed by atoms with Crippen LogP contribution in [0, 0.1) is 0 Å². The van der Waals surface area contributed by atoms with Gasteiger partial charge >= 0.3 is 5.97 Å². The van der Waals surface area contributed by atoms with Gasteiger partial charge in [0.05, 0.1) is 12.0 Å². The normalized spacial score (nSPS) is 11.3. The number of hydrogen-bond acceptors (Lipinski definition) is 3. The zero-order valence-electron chi connectivity index (χ0n) is 11.6. The van der Waals surface area contributed by atoms with Crippen LogP contribution in [0.25, 0.3) is 0 Å². The number of rotatable bonds is 10. The van der Waals surface area contributed by atoms with Crippen molar-refractivity contribution in [1.29, 1.82) is 0 Å². The van der Waals surface area contributed by atoms with Crippen LogP contribution in [-0.4, -0.2) is 35.7 Å². The van der Waals surface area contributed by atoms with Gasteiger partial charge in [-0.2, -0.15) is 0 Å². The smallest absolute Gasteiger partial charge is 0.305 e. The molecule has 0 rings (SSSR count). The van der Waals surface area contributed by atoms with Crippen molar-refractivity contribution < 1.29 is 19.4 Å². The summed E-state index contributed by atoms with van der Waals surface area (Å²) in [5.74, 6) is -1.14. The van der Waals surface area contributed by atoms with Crippen LogP contribution < -0.4 is 5.32 Å². The Morgan fingerprint density at radius 2 is 1.83 bits per heavy atom. The fourth-order valence-corrected chi connectivity index (χ4v) is 1.75. The lowest BCUT2D eigenvalue weighted by molar-refractivity contribution is -0.139. The molecule has 0 spiro atoms. The number of carbonyl (C=O) groups excluding carboxylic acids is 1. The van der Waals surface area contributed by atoms with Gasteiger partial charge in [0.1, 0.15) is 6.61 Å². The fraction of sp³-hybridized carbons (Fsp3) is 0.846. The van der Waals surface area contributed by atoms with Gasteiger partial charge in [-0.25, -0.2) is 0 Å². The van der Waals surface area contributed by atoms with Gasteiger partial charge in [0.25, 0.3) is 0 Å². The largest absolute Gasteiger partial charge is 0.481 e. The second-order valence-corrected chi connectivity index (χ2v) is 4.51. The first kappa shape index (κ1) is 16.9. The predicted molar refractivity (Wildman–Crippen MR) is 69.4 cm³/mol. The Labute approximate surface area is 109 Å². The van der Waals surface area contributed by atoms with E-state index in [-0.39, 0.29) is 18.9 Å². The van der Waals surface area contributed by atoms with Crippen molar-refractivity contribution in [2.45, 2.75) is 58.4 Å². The molecule has 5 nitrogen and oxygen atoms in total. The minimum absolute atomic E-state index is 0.00136. The highest BCUT2D eigenvalue weighted by atomic mass is 16.5. The van der Waals surface area contributed by atoms with Gasteiger partial charge in [-0.1, -0.05) is 27.2 Å². The number of carboxylic acid groups (broad SMARTS) is 1. The first-order chi connectivity index (χ1) is 8.49. The van der Waals surface area contributed by atoms with E-state index in [0.29, 0.717) is 19.4 Å². The molecule has 0 aliphatic carbocycles. The highest BCUT2D eigenvalue weighted by molar-refractivity contribution is 5.79. The van der Waals surface area contributed by atoms with E-state index in [1.54, 1.807) is 0 Å². The summed E-state index contributed by atoms with van der Waals surface area (Å²) in [6.07, 6.45) is 3.08. The van der Waals surface area contributed by atoms with Crippen molar-refractivity contribution in [3.63, 3.8) is 0 Å². The van der Waals surface area contributed by atoms with Crippen LogP contribution in [0.4, 0.5) is 0 Å². The maximum absolute atomic E-state index is 11.7. The van der Waals surface area contributed by atoms with E-state index in [0.717, 1.165) is 12.8 Å². The van der Waals surface area contributed by atoms with E-state index in [1.165, 1.54) is 0 Å². The number of hydrogen-bond donors (Lipinski definition) is 2. The molecule has 0 radical (unpaired) electrons. The number of unbranched alkanes of at least 4 members (excludes halogenated alkanes) is 1. The topological polar surface area (TPSA) is 75.6 Å². The molecule has 2 N–H and O–H groups in total. The van der Waals surface area contributed by atoms with Gasteiger partial charge in [0.15, 0.2) is 0 Å². The molecule has 0 unspecified atom stereocenters. The Balaban J connectivity index is 4.22. The van der Waals surface area contributed by atoms with Crippen LogP contribution in [0.15, 0.2) is 0 Å². The summed E-state index contributed by atoms with van der Waals surface area (Å²) in [4.78, 5) is 22.5. The average molecular weight is 259 g/mol. The molecular weight excluding hydrogens is 234 g/mol. The Hall–Kier alpha value is -1.10. The summed E-state index contributed by atoms with van der Waals surface area (Å²) >= 11 is 0. The standard InChI is InChI=1S/C13H25NO4/c1-4-7-8-18-10-11(15)14-13(5-2,6-3)9-12(16)17/h4-10H2,1-3H3,(H,14,15)(H,16,17). The molecule has 0 aliphatic rings. The summed E-state index contributed by atoms with van der Waals surface area (Å²) in [6, 6.07) is 0. The van der Waals surface area contributed by atoms with Gasteiger partial charge in [0.2, 0.25) is 5.91 Å². The van der Waals surface area contributed by atoms with Crippen LogP contribution in [0.2, 0.25) is 0 Å². The molecule has 18 heavy (non-hydrogen) atoms. The highest BCUT2D eigenvalue weighted by Crippen LogP contribution is 2.19. The van der Waals surface area contributed by atoms with Crippen molar-refractivity contribution in [2.24, 2.45) is 0 Å². The first-order valence-corrected chi connectivity index (χ1v) is 6.60. The third kappa shape index (κ3) is 6.59. The highest BCUT2D eigenvalue weighted by Gasteiger charge is 2.30. The molecule has 5 heteroatoms. The third-order valence-corrected chi connectivity index (χ3v) is 3.12. The molecule has 1 amide bonds. The zero-order valence-corrected chi connectivity index (χ0v) is 11.6. The molecule has 0 heterocycles. The summed E-state index contributed by atoms with van der Waals surface area (Å²) < 4.78 is 5.22. The molecule has 106 valence electrons. The second kappa shape index (κ2) is 8.91. The SMILES string of the molecule is CCCCOCC(=O)NC(CC)(CC)CC(=O)O. The lowest BCUT2D eigenvalue weighted by Gasteiger charge is -2.31. The van der Waals surface area contributed by atoms with E-state index < -0.39 is 11.5 Å². The Morgan fingerprint density at radius 1 is 1.22 bits per heavy atom. The van der Waals surface area contributed by atoms with E-state index in [2.05, 4.69) is 12.2 Å². The number of amides is 1. The molecular formula is C13H25NO4. The lowest BCUT2D eigenvalue weighted by Crippen LogP contribution is -2.50. The van der Waals surface area contributed by atoms with E-state index in [1.807, 2.05) is 13.8 Å². The van der Waals surface area contributed by atoms with Crippen molar-refractivity contribution in [3.8, 4) is 0 Å². The molecule has 0 aromatic rings. The molecule has 0 aromatic heterocycles. The zero-order chi connectivity index (χ0) is 14.0. The molecule has 0 fully saturated rings. The number of nitrogens with one attached hydrogen (secondary N) is 1. The van der Waals surface area contributed by atoms with Gasteiger partial charge < -0.3 is 15.2 Å². The molecule has 0 bridgehead atoms. The van der Waals surface area contributed by atoms with Gasteiger partial charge in [-0.05, 0) is 19.3 Å². The summed E-state index contributed by atoms with van der Waals surface area (Å²) in [7, 11) is 0. The quantitative estimate of drug-likeness (QED) is 0.588. The summed E-state index contributed by atoms with van der Waals surface area (Å²) in [5, 5.41) is 11.7. The monoisotopic (exact) mass is 259 g/mol. The van der Waals surface area contributed by atoms with Crippen LogP contribution in [0.3, 0.4) is 0 Å². The van der Waals surface area contributed by atoms with Gasteiger partial charge in [-0.15, -0.1) is 0 Å². The number of carbonyl (C=O) groups is 2. The van der Waals surface area contributed by atoms with Gasteiger partial charge in [-0.3, -0.25) is 9.59 Å². The maximum atomic E-state index is 11.7. The van der Waals surface area contributed by atoms with Crippen molar-refractivity contribution in [3.05, 3.63) is 0 Å².